The lowest BCUT2D eigenvalue weighted by Gasteiger charge is -2.25. The Kier molecular flexibility index (Phi) is 8.91. The molecule has 0 amide bonds. The fourth-order valence-electron chi connectivity index (χ4n) is 2.75. The maximum atomic E-state index is 10.4. The van der Waals surface area contributed by atoms with Gasteiger partial charge in [0.05, 0.1) is 20.8 Å². The summed E-state index contributed by atoms with van der Waals surface area (Å²) in [4.78, 5) is 2.13. The maximum absolute atomic E-state index is 10.4. The number of rotatable bonds is 12. The van der Waals surface area contributed by atoms with Gasteiger partial charge in [-0.25, -0.2) is 0 Å². The molecule has 2 aromatic carbocycles. The van der Waals surface area contributed by atoms with E-state index in [1.807, 2.05) is 48.5 Å². The van der Waals surface area contributed by atoms with Gasteiger partial charge in [-0.1, -0.05) is 24.3 Å². The molecule has 0 saturated heterocycles. The van der Waals surface area contributed by atoms with Crippen LogP contribution in [0, 0.1) is 0 Å². The van der Waals surface area contributed by atoms with Crippen LogP contribution in [0.1, 0.15) is 5.56 Å². The molecule has 0 aliphatic carbocycles. The molecular formula is C21H29NO5. The molecule has 0 radical (unpaired) electrons. The van der Waals surface area contributed by atoms with Crippen molar-refractivity contribution < 1.29 is 24.1 Å². The standard InChI is InChI=1S/C21H29NO5/c1-24-12-11-22(14-17-9-10-20(25-2)21(13-17)26-3)15-18(23)16-27-19-7-5-4-6-8-19/h4-10,13,18,23H,11-12,14-16H2,1-3H3/t18-/m0/s1. The summed E-state index contributed by atoms with van der Waals surface area (Å²) in [6.07, 6.45) is -0.609. The molecule has 0 heterocycles. The van der Waals surface area contributed by atoms with Gasteiger partial charge in [0, 0.05) is 26.7 Å². The average molecular weight is 375 g/mol. The number of ether oxygens (including phenoxy) is 4. The lowest BCUT2D eigenvalue weighted by molar-refractivity contribution is 0.0542. The summed E-state index contributed by atoms with van der Waals surface area (Å²) < 4.78 is 21.5. The van der Waals surface area contributed by atoms with Crippen molar-refractivity contribution in [2.75, 3.05) is 47.6 Å². The van der Waals surface area contributed by atoms with Crippen LogP contribution in [0.25, 0.3) is 0 Å². The molecule has 0 fully saturated rings. The molecule has 27 heavy (non-hydrogen) atoms. The van der Waals surface area contributed by atoms with Crippen molar-refractivity contribution in [1.29, 1.82) is 0 Å². The molecule has 0 aromatic heterocycles. The van der Waals surface area contributed by atoms with E-state index in [-0.39, 0.29) is 6.61 Å². The van der Waals surface area contributed by atoms with Crippen LogP contribution >= 0.6 is 0 Å². The zero-order valence-electron chi connectivity index (χ0n) is 16.3. The lowest BCUT2D eigenvalue weighted by Crippen LogP contribution is -2.37. The largest absolute Gasteiger partial charge is 0.493 e. The Labute approximate surface area is 161 Å². The van der Waals surface area contributed by atoms with Gasteiger partial charge in [-0.2, -0.15) is 0 Å². The number of benzene rings is 2. The van der Waals surface area contributed by atoms with E-state index in [0.29, 0.717) is 37.7 Å². The first kappa shape index (κ1) is 21.0. The summed E-state index contributed by atoms with van der Waals surface area (Å²) in [5.41, 5.74) is 1.07. The van der Waals surface area contributed by atoms with Crippen molar-refractivity contribution in [2.45, 2.75) is 12.6 Å². The molecule has 0 unspecified atom stereocenters. The third kappa shape index (κ3) is 7.09. The first-order valence-corrected chi connectivity index (χ1v) is 8.94. The van der Waals surface area contributed by atoms with E-state index in [4.69, 9.17) is 18.9 Å². The second-order valence-corrected chi connectivity index (χ2v) is 6.20. The van der Waals surface area contributed by atoms with Gasteiger partial charge in [-0.05, 0) is 29.8 Å². The van der Waals surface area contributed by atoms with Gasteiger partial charge < -0.3 is 24.1 Å². The quantitative estimate of drug-likeness (QED) is 0.615. The van der Waals surface area contributed by atoms with Gasteiger partial charge in [0.2, 0.25) is 0 Å². The van der Waals surface area contributed by atoms with Crippen molar-refractivity contribution in [3.8, 4) is 17.2 Å². The molecule has 6 heteroatoms. The Morgan fingerprint density at radius 1 is 0.963 bits per heavy atom. The van der Waals surface area contributed by atoms with Crippen molar-refractivity contribution >= 4 is 0 Å². The van der Waals surface area contributed by atoms with E-state index in [1.165, 1.54) is 0 Å². The van der Waals surface area contributed by atoms with E-state index in [0.717, 1.165) is 11.3 Å². The van der Waals surface area contributed by atoms with E-state index >= 15 is 0 Å². The molecule has 2 rings (SSSR count). The van der Waals surface area contributed by atoms with E-state index in [1.54, 1.807) is 21.3 Å². The minimum Gasteiger partial charge on any atom is -0.493 e. The van der Waals surface area contributed by atoms with Crippen molar-refractivity contribution in [3.05, 3.63) is 54.1 Å². The summed E-state index contributed by atoms with van der Waals surface area (Å²) in [5.74, 6) is 2.13. The predicted octanol–water partition coefficient (Wildman–Crippen LogP) is 2.59. The zero-order chi connectivity index (χ0) is 19.5. The molecule has 2 aromatic rings. The second kappa shape index (κ2) is 11.4. The molecule has 0 bridgehead atoms. The first-order valence-electron chi connectivity index (χ1n) is 8.94. The first-order chi connectivity index (χ1) is 13.2. The monoisotopic (exact) mass is 375 g/mol. The molecule has 0 aliphatic heterocycles. The van der Waals surface area contributed by atoms with Gasteiger partial charge in [0.1, 0.15) is 18.5 Å². The van der Waals surface area contributed by atoms with Gasteiger partial charge in [-0.3, -0.25) is 4.90 Å². The van der Waals surface area contributed by atoms with Crippen LogP contribution in [0.2, 0.25) is 0 Å². The normalized spacial score (nSPS) is 12.0. The Bertz CT molecular complexity index is 665. The lowest BCUT2D eigenvalue weighted by atomic mass is 10.1. The molecule has 0 saturated carbocycles. The van der Waals surface area contributed by atoms with Crippen LogP contribution in [0.5, 0.6) is 17.2 Å². The van der Waals surface area contributed by atoms with E-state index < -0.39 is 6.10 Å². The minimum atomic E-state index is -0.609. The van der Waals surface area contributed by atoms with Crippen molar-refractivity contribution in [3.63, 3.8) is 0 Å². The number of nitrogens with zero attached hydrogens (tertiary/aromatic N) is 1. The average Bonchev–Trinajstić information content (AvgIpc) is 2.71. The molecule has 0 aliphatic rings. The number of methoxy groups -OCH3 is 3. The van der Waals surface area contributed by atoms with Crippen LogP contribution in [-0.4, -0.2) is 63.7 Å². The number of aliphatic hydroxyl groups excluding tert-OH is 1. The number of para-hydroxylation sites is 1. The van der Waals surface area contributed by atoms with Crippen LogP contribution in [0.4, 0.5) is 0 Å². The van der Waals surface area contributed by atoms with Crippen molar-refractivity contribution in [2.24, 2.45) is 0 Å². The summed E-state index contributed by atoms with van der Waals surface area (Å²) in [7, 11) is 4.91. The van der Waals surface area contributed by atoms with Gasteiger partial charge in [-0.15, -0.1) is 0 Å². The topological polar surface area (TPSA) is 60.4 Å². The number of hydrogen-bond donors (Lipinski definition) is 1. The zero-order valence-corrected chi connectivity index (χ0v) is 16.3. The molecule has 1 atom stereocenters. The Morgan fingerprint density at radius 3 is 2.37 bits per heavy atom. The highest BCUT2D eigenvalue weighted by Crippen LogP contribution is 2.28. The molecule has 1 N–H and O–H groups in total. The molecule has 148 valence electrons. The van der Waals surface area contributed by atoms with Gasteiger partial charge in [0.15, 0.2) is 11.5 Å². The summed E-state index contributed by atoms with van der Waals surface area (Å²) in [5, 5.41) is 10.4. The second-order valence-electron chi connectivity index (χ2n) is 6.20. The molecular weight excluding hydrogens is 346 g/mol. The van der Waals surface area contributed by atoms with E-state index in [9.17, 15) is 5.11 Å². The smallest absolute Gasteiger partial charge is 0.161 e. The van der Waals surface area contributed by atoms with Gasteiger partial charge in [0.25, 0.3) is 0 Å². The van der Waals surface area contributed by atoms with Crippen LogP contribution in [0.15, 0.2) is 48.5 Å². The minimum absolute atomic E-state index is 0.236. The highest BCUT2D eigenvalue weighted by atomic mass is 16.5. The summed E-state index contributed by atoms with van der Waals surface area (Å²) in [6.45, 7) is 2.66. The van der Waals surface area contributed by atoms with Crippen LogP contribution in [0.3, 0.4) is 0 Å². The summed E-state index contributed by atoms with van der Waals surface area (Å²) in [6, 6.07) is 15.3. The summed E-state index contributed by atoms with van der Waals surface area (Å²) >= 11 is 0. The highest BCUT2D eigenvalue weighted by Gasteiger charge is 2.14. The number of aliphatic hydroxyl groups is 1. The Balaban J connectivity index is 1.95. The fourth-order valence-corrected chi connectivity index (χ4v) is 2.75. The fraction of sp³-hybridized carbons (Fsp3) is 0.429. The van der Waals surface area contributed by atoms with Crippen LogP contribution in [-0.2, 0) is 11.3 Å². The third-order valence-electron chi connectivity index (χ3n) is 4.12. The van der Waals surface area contributed by atoms with E-state index in [2.05, 4.69) is 4.90 Å². The van der Waals surface area contributed by atoms with Gasteiger partial charge >= 0.3 is 0 Å². The number of hydrogen-bond acceptors (Lipinski definition) is 6. The Hall–Kier alpha value is -2.28. The maximum Gasteiger partial charge on any atom is 0.161 e. The molecule has 0 spiro atoms. The van der Waals surface area contributed by atoms with Crippen LogP contribution < -0.4 is 14.2 Å². The predicted molar refractivity (Wildman–Crippen MR) is 105 cm³/mol. The third-order valence-corrected chi connectivity index (χ3v) is 4.12. The van der Waals surface area contributed by atoms with Crippen molar-refractivity contribution in [1.82, 2.24) is 4.90 Å². The Morgan fingerprint density at radius 2 is 1.70 bits per heavy atom. The highest BCUT2D eigenvalue weighted by molar-refractivity contribution is 5.42. The molecule has 6 nitrogen and oxygen atoms in total. The SMILES string of the molecule is COCCN(Cc1ccc(OC)c(OC)c1)C[C@H](O)COc1ccccc1.